The van der Waals surface area contributed by atoms with Crippen LogP contribution in [0.2, 0.25) is 0 Å². The molecule has 1 N–H and O–H groups in total. The lowest BCUT2D eigenvalue weighted by Crippen LogP contribution is -2.48. The van der Waals surface area contributed by atoms with Gasteiger partial charge in [0.1, 0.15) is 11.4 Å². The molecule has 8 nitrogen and oxygen atoms in total. The van der Waals surface area contributed by atoms with Crippen molar-refractivity contribution in [2.24, 2.45) is 0 Å². The number of rotatable bonds is 7. The molecule has 152 valence electrons. The Hall–Kier alpha value is -3.42. The summed E-state index contributed by atoms with van der Waals surface area (Å²) < 4.78 is 5.32. The van der Waals surface area contributed by atoms with Gasteiger partial charge in [0.25, 0.3) is 11.8 Å². The van der Waals surface area contributed by atoms with Crippen LogP contribution in [0.3, 0.4) is 0 Å². The third kappa shape index (κ3) is 5.10. The summed E-state index contributed by atoms with van der Waals surface area (Å²) in [6.07, 6.45) is 2.88. The molecule has 0 radical (unpaired) electrons. The molecule has 0 saturated carbocycles. The van der Waals surface area contributed by atoms with Gasteiger partial charge in [0.05, 0.1) is 7.11 Å². The largest absolute Gasteiger partial charge is 0.496 e. The summed E-state index contributed by atoms with van der Waals surface area (Å²) in [6.45, 7) is 2.35. The summed E-state index contributed by atoms with van der Waals surface area (Å²) in [4.78, 5) is 43.3. The number of hydrogen-bond acceptors (Lipinski definition) is 5. The van der Waals surface area contributed by atoms with Crippen molar-refractivity contribution < 1.29 is 19.1 Å². The lowest BCUT2D eigenvalue weighted by atomic mass is 10.1. The second-order valence-corrected chi connectivity index (χ2v) is 6.68. The van der Waals surface area contributed by atoms with Crippen LogP contribution in [0.4, 0.5) is 0 Å². The summed E-state index contributed by atoms with van der Waals surface area (Å²) in [5.74, 6) is 0.287. The summed E-state index contributed by atoms with van der Waals surface area (Å²) in [7, 11) is 1.62. The Bertz CT molecular complexity index is 878. The van der Waals surface area contributed by atoms with Crippen LogP contribution >= 0.6 is 0 Å². The van der Waals surface area contributed by atoms with Gasteiger partial charge in [0.2, 0.25) is 6.41 Å². The molecule has 29 heavy (non-hydrogen) atoms. The van der Waals surface area contributed by atoms with Crippen LogP contribution < -0.4 is 10.1 Å². The van der Waals surface area contributed by atoms with Crippen molar-refractivity contribution in [2.75, 3.05) is 39.8 Å². The van der Waals surface area contributed by atoms with Gasteiger partial charge < -0.3 is 19.9 Å². The summed E-state index contributed by atoms with van der Waals surface area (Å²) in [6, 6.07) is 10.8. The highest BCUT2D eigenvalue weighted by Crippen LogP contribution is 2.17. The number of piperazine rings is 1. The number of hydrogen-bond donors (Lipinski definition) is 1. The zero-order valence-electron chi connectivity index (χ0n) is 16.3. The lowest BCUT2D eigenvalue weighted by Gasteiger charge is -2.32. The molecule has 1 saturated heterocycles. The Morgan fingerprint density at radius 2 is 1.93 bits per heavy atom. The fraction of sp³-hybridized carbons (Fsp3) is 0.333. The van der Waals surface area contributed by atoms with Crippen molar-refractivity contribution in [1.29, 1.82) is 0 Å². The Kier molecular flexibility index (Phi) is 6.78. The predicted octanol–water partition coefficient (Wildman–Crippen LogP) is 0.977. The molecular weight excluding hydrogens is 372 g/mol. The first-order valence-corrected chi connectivity index (χ1v) is 9.47. The Labute approximate surface area is 169 Å². The van der Waals surface area contributed by atoms with Crippen LogP contribution in [0, 0.1) is 0 Å². The zero-order chi connectivity index (χ0) is 20.6. The smallest absolute Gasteiger partial charge is 0.272 e. The fourth-order valence-electron chi connectivity index (χ4n) is 3.20. The number of aromatic nitrogens is 1. The molecular formula is C21H24N4O4. The van der Waals surface area contributed by atoms with Gasteiger partial charge in [-0.25, -0.2) is 0 Å². The second kappa shape index (κ2) is 9.68. The van der Waals surface area contributed by atoms with Gasteiger partial charge >= 0.3 is 0 Å². The minimum Gasteiger partial charge on any atom is -0.496 e. The van der Waals surface area contributed by atoms with Crippen molar-refractivity contribution in [3.8, 4) is 5.75 Å². The van der Waals surface area contributed by atoms with E-state index in [1.165, 1.54) is 12.3 Å². The highest BCUT2D eigenvalue weighted by molar-refractivity contribution is 5.98. The van der Waals surface area contributed by atoms with E-state index in [4.69, 9.17) is 4.74 Å². The van der Waals surface area contributed by atoms with E-state index in [9.17, 15) is 14.4 Å². The molecule has 2 heterocycles. The molecule has 8 heteroatoms. The van der Waals surface area contributed by atoms with Gasteiger partial charge in [0.15, 0.2) is 0 Å². The first-order valence-electron chi connectivity index (χ1n) is 9.47. The molecule has 1 aromatic carbocycles. The van der Waals surface area contributed by atoms with E-state index in [-0.39, 0.29) is 17.5 Å². The standard InChI is InChI=1S/C21H24N4O4/c1-29-19-5-3-2-4-16(19)6-9-23-20(27)17-7-8-22-18(14-17)21(28)25-12-10-24(15-26)11-13-25/h2-5,7-8,14-15H,6,9-13H2,1H3,(H,23,27). The van der Waals surface area contributed by atoms with Crippen molar-refractivity contribution in [1.82, 2.24) is 20.1 Å². The summed E-state index contributed by atoms with van der Waals surface area (Å²) in [5, 5.41) is 2.87. The van der Waals surface area contributed by atoms with Gasteiger partial charge in [0, 0.05) is 44.5 Å². The van der Waals surface area contributed by atoms with Gasteiger partial charge in [-0.3, -0.25) is 19.4 Å². The monoisotopic (exact) mass is 396 g/mol. The van der Waals surface area contributed by atoms with E-state index in [0.29, 0.717) is 44.7 Å². The SMILES string of the molecule is COc1ccccc1CCNC(=O)c1ccnc(C(=O)N2CCN(C=O)CC2)c1. The minimum absolute atomic E-state index is 0.224. The van der Waals surface area contributed by atoms with Crippen LogP contribution in [0.1, 0.15) is 26.4 Å². The molecule has 1 aliphatic heterocycles. The topological polar surface area (TPSA) is 91.8 Å². The van der Waals surface area contributed by atoms with Gasteiger partial charge in [-0.2, -0.15) is 0 Å². The number of amides is 3. The molecule has 3 rings (SSSR count). The van der Waals surface area contributed by atoms with Crippen LogP contribution in [-0.2, 0) is 11.2 Å². The number of nitrogens with one attached hydrogen (secondary N) is 1. The number of para-hydroxylation sites is 1. The van der Waals surface area contributed by atoms with Crippen LogP contribution in [0.15, 0.2) is 42.6 Å². The van der Waals surface area contributed by atoms with E-state index in [2.05, 4.69) is 10.3 Å². The van der Waals surface area contributed by atoms with Crippen molar-refractivity contribution in [3.63, 3.8) is 0 Å². The number of benzene rings is 1. The average molecular weight is 396 g/mol. The van der Waals surface area contributed by atoms with Crippen LogP contribution in [-0.4, -0.2) is 72.8 Å². The van der Waals surface area contributed by atoms with Crippen molar-refractivity contribution in [3.05, 3.63) is 59.4 Å². The first kappa shape index (κ1) is 20.3. The van der Waals surface area contributed by atoms with E-state index < -0.39 is 0 Å². The lowest BCUT2D eigenvalue weighted by molar-refractivity contribution is -0.119. The highest BCUT2D eigenvalue weighted by atomic mass is 16.5. The van der Waals surface area contributed by atoms with Crippen molar-refractivity contribution >= 4 is 18.2 Å². The average Bonchev–Trinajstić information content (AvgIpc) is 2.79. The maximum Gasteiger partial charge on any atom is 0.272 e. The molecule has 0 atom stereocenters. The van der Waals surface area contributed by atoms with E-state index in [0.717, 1.165) is 17.7 Å². The number of carbonyl (C=O) groups excluding carboxylic acids is 3. The summed E-state index contributed by atoms with van der Waals surface area (Å²) in [5.41, 5.74) is 1.62. The molecule has 1 aromatic heterocycles. The van der Waals surface area contributed by atoms with Crippen molar-refractivity contribution in [2.45, 2.75) is 6.42 Å². The predicted molar refractivity (Wildman–Crippen MR) is 107 cm³/mol. The molecule has 0 bridgehead atoms. The Morgan fingerprint density at radius 1 is 1.17 bits per heavy atom. The first-order chi connectivity index (χ1) is 14.1. The fourth-order valence-corrected chi connectivity index (χ4v) is 3.20. The number of nitrogens with zero attached hydrogens (tertiary/aromatic N) is 3. The second-order valence-electron chi connectivity index (χ2n) is 6.68. The third-order valence-electron chi connectivity index (χ3n) is 4.86. The molecule has 0 unspecified atom stereocenters. The number of pyridine rings is 1. The highest BCUT2D eigenvalue weighted by Gasteiger charge is 2.23. The third-order valence-corrected chi connectivity index (χ3v) is 4.86. The molecule has 1 fully saturated rings. The van der Waals surface area contributed by atoms with E-state index in [1.54, 1.807) is 23.0 Å². The molecule has 0 spiro atoms. The van der Waals surface area contributed by atoms with Crippen LogP contribution in [0.25, 0.3) is 0 Å². The summed E-state index contributed by atoms with van der Waals surface area (Å²) >= 11 is 0. The maximum absolute atomic E-state index is 12.7. The van der Waals surface area contributed by atoms with E-state index in [1.807, 2.05) is 24.3 Å². The number of ether oxygens (including phenoxy) is 1. The Morgan fingerprint density at radius 3 is 2.66 bits per heavy atom. The van der Waals surface area contributed by atoms with Gasteiger partial charge in [-0.15, -0.1) is 0 Å². The molecule has 2 aromatic rings. The quantitative estimate of drug-likeness (QED) is 0.705. The molecule has 1 aliphatic rings. The van der Waals surface area contributed by atoms with Gasteiger partial charge in [-0.1, -0.05) is 18.2 Å². The number of methoxy groups -OCH3 is 1. The number of carbonyl (C=O) groups is 3. The van der Waals surface area contributed by atoms with Gasteiger partial charge in [-0.05, 0) is 30.2 Å². The minimum atomic E-state index is -0.262. The van der Waals surface area contributed by atoms with E-state index >= 15 is 0 Å². The zero-order valence-corrected chi connectivity index (χ0v) is 16.3. The Balaban J connectivity index is 1.58. The maximum atomic E-state index is 12.7. The normalized spacial score (nSPS) is 13.7. The molecule has 0 aliphatic carbocycles. The van der Waals surface area contributed by atoms with Crippen LogP contribution in [0.5, 0.6) is 5.75 Å². The molecule has 3 amide bonds.